The topological polar surface area (TPSA) is 80.8 Å². The third-order valence-corrected chi connectivity index (χ3v) is 3.56. The van der Waals surface area contributed by atoms with E-state index in [1.165, 1.54) is 6.33 Å². The van der Waals surface area contributed by atoms with E-state index in [0.717, 1.165) is 29.6 Å². The molecule has 1 aliphatic rings. The molecule has 2 aromatic heterocycles. The highest BCUT2D eigenvalue weighted by Crippen LogP contribution is 2.31. The van der Waals surface area contributed by atoms with E-state index in [1.807, 2.05) is 6.92 Å². The molecule has 104 valence electrons. The van der Waals surface area contributed by atoms with Gasteiger partial charge in [-0.15, -0.1) is 0 Å². The number of carbonyl (C=O) groups excluding carboxylic acids is 1. The van der Waals surface area contributed by atoms with E-state index in [-0.39, 0.29) is 11.9 Å². The molecule has 0 radical (unpaired) electrons. The predicted molar refractivity (Wildman–Crippen MR) is 73.6 cm³/mol. The zero-order valence-corrected chi connectivity index (χ0v) is 11.3. The fourth-order valence-corrected chi connectivity index (χ4v) is 2.53. The molecule has 0 saturated carbocycles. The minimum Gasteiger partial charge on any atom is -0.466 e. The standard InChI is InChI=1S/C14H16N4O2/c1-2-20-14(19)10-5-3-9(4-6-10)11-12-13(17-7-15-11)18-8-16-12/h3,7-8,10H,2,4-6H2,1H3,(H,15,16,17,18). The number of hydrogen-bond acceptors (Lipinski definition) is 5. The molecule has 1 aliphatic carbocycles. The molecule has 20 heavy (non-hydrogen) atoms. The zero-order valence-electron chi connectivity index (χ0n) is 11.3. The molecule has 0 saturated heterocycles. The van der Waals surface area contributed by atoms with E-state index in [1.54, 1.807) is 6.33 Å². The number of imidazole rings is 1. The summed E-state index contributed by atoms with van der Waals surface area (Å²) in [5.74, 6) is -0.130. The summed E-state index contributed by atoms with van der Waals surface area (Å²) < 4.78 is 5.07. The van der Waals surface area contributed by atoms with Gasteiger partial charge in [0.2, 0.25) is 0 Å². The number of fused-ring (bicyclic) bond motifs is 1. The highest BCUT2D eigenvalue weighted by Gasteiger charge is 2.24. The quantitative estimate of drug-likeness (QED) is 0.865. The highest BCUT2D eigenvalue weighted by atomic mass is 16.5. The van der Waals surface area contributed by atoms with Crippen LogP contribution >= 0.6 is 0 Å². The van der Waals surface area contributed by atoms with Gasteiger partial charge in [-0.05, 0) is 31.8 Å². The summed E-state index contributed by atoms with van der Waals surface area (Å²) in [7, 11) is 0. The molecule has 1 unspecified atom stereocenters. The van der Waals surface area contributed by atoms with E-state index >= 15 is 0 Å². The molecule has 3 rings (SSSR count). The Balaban J connectivity index is 1.83. The molecule has 1 atom stereocenters. The van der Waals surface area contributed by atoms with Crippen molar-refractivity contribution in [2.24, 2.45) is 5.92 Å². The summed E-state index contributed by atoms with van der Waals surface area (Å²) in [5.41, 5.74) is 3.55. The molecular weight excluding hydrogens is 256 g/mol. The number of nitrogens with one attached hydrogen (secondary N) is 1. The molecule has 6 heteroatoms. The summed E-state index contributed by atoms with van der Waals surface area (Å²) >= 11 is 0. The molecule has 6 nitrogen and oxygen atoms in total. The summed E-state index contributed by atoms with van der Waals surface area (Å²) in [6.45, 7) is 2.27. The third-order valence-electron chi connectivity index (χ3n) is 3.56. The molecule has 0 aromatic carbocycles. The molecule has 0 spiro atoms. The van der Waals surface area contributed by atoms with Gasteiger partial charge in [-0.1, -0.05) is 6.08 Å². The second-order valence-corrected chi connectivity index (χ2v) is 4.78. The number of aromatic nitrogens is 4. The summed E-state index contributed by atoms with van der Waals surface area (Å²) in [4.78, 5) is 27.4. The first kappa shape index (κ1) is 12.8. The number of H-pyrrole nitrogens is 1. The third kappa shape index (κ3) is 2.29. The monoisotopic (exact) mass is 272 g/mol. The zero-order chi connectivity index (χ0) is 13.9. The maximum Gasteiger partial charge on any atom is 0.309 e. The summed E-state index contributed by atoms with van der Waals surface area (Å²) in [6.07, 6.45) is 7.53. The van der Waals surface area contributed by atoms with Gasteiger partial charge in [-0.3, -0.25) is 4.79 Å². The van der Waals surface area contributed by atoms with E-state index in [0.29, 0.717) is 18.7 Å². The first-order chi connectivity index (χ1) is 9.79. The largest absolute Gasteiger partial charge is 0.466 e. The lowest BCUT2D eigenvalue weighted by Gasteiger charge is -2.20. The summed E-state index contributed by atoms with van der Waals surface area (Å²) in [5, 5.41) is 0. The first-order valence-electron chi connectivity index (χ1n) is 6.79. The van der Waals surface area contributed by atoms with Crippen LogP contribution in [-0.2, 0) is 9.53 Å². The Morgan fingerprint density at radius 1 is 1.45 bits per heavy atom. The second kappa shape index (κ2) is 5.40. The van der Waals surface area contributed by atoms with Crippen LogP contribution < -0.4 is 0 Å². The van der Waals surface area contributed by atoms with Crippen LogP contribution in [0.15, 0.2) is 18.7 Å². The maximum absolute atomic E-state index is 11.7. The van der Waals surface area contributed by atoms with E-state index in [2.05, 4.69) is 26.0 Å². The highest BCUT2D eigenvalue weighted by molar-refractivity contribution is 5.85. The average molecular weight is 272 g/mol. The van der Waals surface area contributed by atoms with E-state index < -0.39 is 0 Å². The van der Waals surface area contributed by atoms with Crippen molar-refractivity contribution in [3.63, 3.8) is 0 Å². The number of rotatable bonds is 3. The van der Waals surface area contributed by atoms with Gasteiger partial charge >= 0.3 is 5.97 Å². The lowest BCUT2D eigenvalue weighted by molar-refractivity contribution is -0.148. The number of allylic oxidation sites excluding steroid dienone is 2. The van der Waals surface area contributed by atoms with Gasteiger partial charge in [0.25, 0.3) is 0 Å². The van der Waals surface area contributed by atoms with Crippen LogP contribution in [0.3, 0.4) is 0 Å². The van der Waals surface area contributed by atoms with E-state index in [9.17, 15) is 4.79 Å². The molecule has 0 amide bonds. The molecule has 0 fully saturated rings. The van der Waals surface area contributed by atoms with Gasteiger partial charge < -0.3 is 9.72 Å². The molecule has 2 aromatic rings. The fraction of sp³-hybridized carbons (Fsp3) is 0.429. The smallest absolute Gasteiger partial charge is 0.309 e. The minimum absolute atomic E-state index is 0.0298. The molecule has 0 aliphatic heterocycles. The van der Waals surface area contributed by atoms with Crippen LogP contribution in [0.5, 0.6) is 0 Å². The van der Waals surface area contributed by atoms with Crippen LogP contribution in [0.25, 0.3) is 16.7 Å². The minimum atomic E-state index is -0.0998. The van der Waals surface area contributed by atoms with Crippen molar-refractivity contribution < 1.29 is 9.53 Å². The Morgan fingerprint density at radius 3 is 3.10 bits per heavy atom. The average Bonchev–Trinajstić information content (AvgIpc) is 2.96. The number of hydrogen-bond donors (Lipinski definition) is 1. The SMILES string of the molecule is CCOC(=O)C1CC=C(c2ncnc3nc[nH]c23)CC1. The van der Waals surface area contributed by atoms with Crippen LogP contribution in [-0.4, -0.2) is 32.5 Å². The fourth-order valence-electron chi connectivity index (χ4n) is 2.53. The van der Waals surface area contributed by atoms with Crippen molar-refractivity contribution in [3.05, 3.63) is 24.4 Å². The Hall–Kier alpha value is -2.24. The van der Waals surface area contributed by atoms with Gasteiger partial charge in [0.15, 0.2) is 5.65 Å². The van der Waals surface area contributed by atoms with Crippen molar-refractivity contribution in [2.45, 2.75) is 26.2 Å². The summed E-state index contributed by atoms with van der Waals surface area (Å²) in [6, 6.07) is 0. The predicted octanol–water partition coefficient (Wildman–Crippen LogP) is 2.10. The van der Waals surface area contributed by atoms with Gasteiger partial charge in [-0.25, -0.2) is 15.0 Å². The number of carbonyl (C=O) groups is 1. The Labute approximate surface area is 116 Å². The van der Waals surface area contributed by atoms with Crippen molar-refractivity contribution in [1.82, 2.24) is 19.9 Å². The molecule has 2 heterocycles. The Kier molecular flexibility index (Phi) is 3.45. The lowest BCUT2D eigenvalue weighted by Crippen LogP contribution is -2.19. The molecular formula is C14H16N4O2. The molecule has 1 N–H and O–H groups in total. The Morgan fingerprint density at radius 2 is 2.35 bits per heavy atom. The van der Waals surface area contributed by atoms with Crippen LogP contribution in [0.1, 0.15) is 31.9 Å². The number of nitrogens with zero attached hydrogens (tertiary/aromatic N) is 3. The normalized spacial score (nSPS) is 18.9. The second-order valence-electron chi connectivity index (χ2n) is 4.78. The van der Waals surface area contributed by atoms with Crippen molar-refractivity contribution in [3.8, 4) is 0 Å². The van der Waals surface area contributed by atoms with Crippen molar-refractivity contribution >= 4 is 22.7 Å². The van der Waals surface area contributed by atoms with Crippen LogP contribution in [0.4, 0.5) is 0 Å². The maximum atomic E-state index is 11.7. The number of ether oxygens (including phenoxy) is 1. The first-order valence-corrected chi connectivity index (χ1v) is 6.79. The number of esters is 1. The van der Waals surface area contributed by atoms with Gasteiger partial charge in [-0.2, -0.15) is 0 Å². The molecule has 0 bridgehead atoms. The Bertz CT molecular complexity index is 662. The van der Waals surface area contributed by atoms with Gasteiger partial charge in [0, 0.05) is 0 Å². The van der Waals surface area contributed by atoms with E-state index in [4.69, 9.17) is 4.74 Å². The lowest BCUT2D eigenvalue weighted by atomic mass is 9.88. The van der Waals surface area contributed by atoms with Crippen LogP contribution in [0.2, 0.25) is 0 Å². The van der Waals surface area contributed by atoms with Crippen molar-refractivity contribution in [1.29, 1.82) is 0 Å². The van der Waals surface area contributed by atoms with Gasteiger partial charge in [0.05, 0.1) is 24.5 Å². The van der Waals surface area contributed by atoms with Crippen molar-refractivity contribution in [2.75, 3.05) is 6.61 Å². The van der Waals surface area contributed by atoms with Crippen LogP contribution in [0, 0.1) is 5.92 Å². The van der Waals surface area contributed by atoms with Gasteiger partial charge in [0.1, 0.15) is 11.8 Å². The number of aromatic amines is 1.